The zero-order chi connectivity index (χ0) is 24.8. The number of rotatable bonds is 9. The van der Waals surface area contributed by atoms with Crippen molar-refractivity contribution in [1.29, 1.82) is 0 Å². The largest absolute Gasteiger partial charge is 0.481 e. The lowest BCUT2D eigenvalue weighted by Gasteiger charge is -2.14. The van der Waals surface area contributed by atoms with Crippen LogP contribution in [0.1, 0.15) is 53.0 Å². The lowest BCUT2D eigenvalue weighted by molar-refractivity contribution is -0.137. The SMILES string of the molecule is CC(CCC(=O)O)NC(=O)c1cnc(CNC(=O)OCC2c3ccccc3-c3ccccc32)nc1. The summed E-state index contributed by atoms with van der Waals surface area (Å²) >= 11 is 0. The summed E-state index contributed by atoms with van der Waals surface area (Å²) in [5.41, 5.74) is 4.83. The van der Waals surface area contributed by atoms with Crippen molar-refractivity contribution in [3.63, 3.8) is 0 Å². The molecule has 0 fully saturated rings. The Morgan fingerprint density at radius 2 is 1.60 bits per heavy atom. The Morgan fingerprint density at radius 3 is 2.20 bits per heavy atom. The fourth-order valence-electron chi connectivity index (χ4n) is 4.08. The number of aliphatic carboxylic acids is 1. The summed E-state index contributed by atoms with van der Waals surface area (Å²) in [7, 11) is 0. The molecule has 0 saturated heterocycles. The van der Waals surface area contributed by atoms with Gasteiger partial charge in [0.15, 0.2) is 0 Å². The molecule has 3 aromatic rings. The van der Waals surface area contributed by atoms with Gasteiger partial charge in [0.1, 0.15) is 12.4 Å². The molecule has 1 aliphatic carbocycles. The molecule has 3 N–H and O–H groups in total. The van der Waals surface area contributed by atoms with Crippen LogP contribution >= 0.6 is 0 Å². The summed E-state index contributed by atoms with van der Waals surface area (Å²) in [6.07, 6.45) is 2.44. The smallest absolute Gasteiger partial charge is 0.407 e. The minimum Gasteiger partial charge on any atom is -0.481 e. The summed E-state index contributed by atoms with van der Waals surface area (Å²) in [4.78, 5) is 43.4. The van der Waals surface area contributed by atoms with E-state index < -0.39 is 12.1 Å². The van der Waals surface area contributed by atoms with Crippen molar-refractivity contribution in [2.75, 3.05) is 6.61 Å². The Hall–Kier alpha value is -4.27. The van der Waals surface area contributed by atoms with E-state index in [4.69, 9.17) is 9.84 Å². The quantitative estimate of drug-likeness (QED) is 0.433. The predicted octanol–water partition coefficient (Wildman–Crippen LogP) is 3.50. The van der Waals surface area contributed by atoms with Crippen molar-refractivity contribution < 1.29 is 24.2 Å². The number of carboxylic acids is 1. The number of amides is 2. The molecule has 0 aliphatic heterocycles. The highest BCUT2D eigenvalue weighted by Crippen LogP contribution is 2.44. The first kappa shape index (κ1) is 23.9. The molecule has 0 spiro atoms. The molecular formula is C26H26N4O5. The highest BCUT2D eigenvalue weighted by atomic mass is 16.5. The minimum absolute atomic E-state index is 0.0277. The minimum atomic E-state index is -0.914. The molecule has 0 bridgehead atoms. The van der Waals surface area contributed by atoms with E-state index >= 15 is 0 Å². The van der Waals surface area contributed by atoms with E-state index in [1.54, 1.807) is 6.92 Å². The second-order valence-electron chi connectivity index (χ2n) is 8.37. The van der Waals surface area contributed by atoms with E-state index in [0.29, 0.717) is 12.2 Å². The third-order valence-electron chi connectivity index (χ3n) is 5.87. The highest BCUT2D eigenvalue weighted by Gasteiger charge is 2.29. The second kappa shape index (κ2) is 10.8. The third-order valence-corrected chi connectivity index (χ3v) is 5.87. The molecule has 1 unspecified atom stereocenters. The highest BCUT2D eigenvalue weighted by molar-refractivity contribution is 5.93. The van der Waals surface area contributed by atoms with E-state index in [1.807, 2.05) is 24.3 Å². The van der Waals surface area contributed by atoms with Crippen LogP contribution in [0.5, 0.6) is 0 Å². The predicted molar refractivity (Wildman–Crippen MR) is 128 cm³/mol. The van der Waals surface area contributed by atoms with E-state index in [2.05, 4.69) is 44.9 Å². The van der Waals surface area contributed by atoms with Crippen LogP contribution < -0.4 is 10.6 Å². The molecule has 9 heteroatoms. The van der Waals surface area contributed by atoms with Crippen LogP contribution in [-0.2, 0) is 16.1 Å². The molecule has 1 heterocycles. The van der Waals surface area contributed by atoms with Crippen LogP contribution in [0.25, 0.3) is 11.1 Å². The Labute approximate surface area is 202 Å². The number of nitrogens with one attached hydrogen (secondary N) is 2. The van der Waals surface area contributed by atoms with Crippen molar-refractivity contribution in [2.45, 2.75) is 38.3 Å². The number of carboxylic acid groups (broad SMARTS) is 1. The Kier molecular flexibility index (Phi) is 7.35. The zero-order valence-electron chi connectivity index (χ0n) is 19.2. The molecule has 0 saturated carbocycles. The van der Waals surface area contributed by atoms with E-state index in [-0.39, 0.29) is 43.0 Å². The summed E-state index contributed by atoms with van der Waals surface area (Å²) in [6.45, 7) is 1.99. The molecule has 2 aromatic carbocycles. The van der Waals surface area contributed by atoms with Gasteiger partial charge >= 0.3 is 12.1 Å². The first-order valence-corrected chi connectivity index (χ1v) is 11.3. The molecule has 180 valence electrons. The number of ether oxygens (including phenoxy) is 1. The van der Waals surface area contributed by atoms with E-state index in [1.165, 1.54) is 12.4 Å². The number of hydrogen-bond acceptors (Lipinski definition) is 6. The molecule has 0 radical (unpaired) electrons. The molecular weight excluding hydrogens is 448 g/mol. The molecule has 4 rings (SSSR count). The average Bonchev–Trinajstić information content (AvgIpc) is 3.19. The third kappa shape index (κ3) is 5.81. The lowest BCUT2D eigenvalue weighted by atomic mass is 9.98. The number of alkyl carbamates (subject to hydrolysis) is 1. The van der Waals surface area contributed by atoms with Crippen molar-refractivity contribution in [3.05, 3.63) is 83.4 Å². The van der Waals surface area contributed by atoms with Crippen LogP contribution in [0, 0.1) is 0 Å². The fourth-order valence-corrected chi connectivity index (χ4v) is 4.08. The van der Waals surface area contributed by atoms with Gasteiger partial charge in [0.25, 0.3) is 5.91 Å². The van der Waals surface area contributed by atoms with Crippen molar-refractivity contribution in [3.8, 4) is 11.1 Å². The first-order valence-electron chi connectivity index (χ1n) is 11.3. The van der Waals surface area contributed by atoms with Gasteiger partial charge in [-0.2, -0.15) is 0 Å². The maximum Gasteiger partial charge on any atom is 0.407 e. The second-order valence-corrected chi connectivity index (χ2v) is 8.37. The van der Waals surface area contributed by atoms with Gasteiger partial charge in [0.05, 0.1) is 12.1 Å². The van der Waals surface area contributed by atoms with Gasteiger partial charge in [-0.25, -0.2) is 14.8 Å². The topological polar surface area (TPSA) is 131 Å². The van der Waals surface area contributed by atoms with E-state index in [0.717, 1.165) is 22.3 Å². The van der Waals surface area contributed by atoms with Gasteiger partial charge < -0.3 is 20.5 Å². The van der Waals surface area contributed by atoms with Crippen molar-refractivity contribution in [2.24, 2.45) is 0 Å². The Balaban J connectivity index is 1.27. The molecule has 1 aromatic heterocycles. The number of nitrogens with zero attached hydrogens (tertiary/aromatic N) is 2. The van der Waals surface area contributed by atoms with Crippen LogP contribution in [-0.4, -0.2) is 45.7 Å². The molecule has 35 heavy (non-hydrogen) atoms. The van der Waals surface area contributed by atoms with Crippen LogP contribution in [0.3, 0.4) is 0 Å². The van der Waals surface area contributed by atoms with Gasteiger partial charge in [-0.05, 0) is 35.6 Å². The maximum atomic E-state index is 12.3. The van der Waals surface area contributed by atoms with Crippen molar-refractivity contribution in [1.82, 2.24) is 20.6 Å². The van der Waals surface area contributed by atoms with Crippen molar-refractivity contribution >= 4 is 18.0 Å². The molecule has 1 aliphatic rings. The zero-order valence-corrected chi connectivity index (χ0v) is 19.2. The monoisotopic (exact) mass is 474 g/mol. The standard InChI is InChI=1S/C26H26N4O5/c1-16(10-11-24(31)32)30-25(33)17-12-27-23(28-13-17)14-29-26(34)35-15-22-20-8-4-2-6-18(20)19-7-3-5-9-21(19)22/h2-9,12-13,16,22H,10-11,14-15H2,1H3,(H,29,34)(H,30,33)(H,31,32). The number of carbonyl (C=O) groups excluding carboxylic acids is 2. The van der Waals surface area contributed by atoms with Gasteiger partial charge in [0.2, 0.25) is 0 Å². The number of hydrogen-bond donors (Lipinski definition) is 3. The first-order chi connectivity index (χ1) is 16.9. The average molecular weight is 475 g/mol. The van der Waals surface area contributed by atoms with Crippen LogP contribution in [0.2, 0.25) is 0 Å². The van der Waals surface area contributed by atoms with Gasteiger partial charge in [-0.3, -0.25) is 9.59 Å². The lowest BCUT2D eigenvalue weighted by Crippen LogP contribution is -2.33. The number of aromatic nitrogens is 2. The van der Waals surface area contributed by atoms with Crippen LogP contribution in [0.4, 0.5) is 4.79 Å². The van der Waals surface area contributed by atoms with Crippen LogP contribution in [0.15, 0.2) is 60.9 Å². The Bertz CT molecular complexity index is 1180. The normalized spacial score (nSPS) is 12.8. The Morgan fingerprint density at radius 1 is 1.00 bits per heavy atom. The molecule has 9 nitrogen and oxygen atoms in total. The van der Waals surface area contributed by atoms with Gasteiger partial charge in [-0.15, -0.1) is 0 Å². The molecule has 2 amide bonds. The maximum absolute atomic E-state index is 12.3. The summed E-state index contributed by atoms with van der Waals surface area (Å²) in [5, 5.41) is 14.1. The summed E-state index contributed by atoms with van der Waals surface area (Å²) in [6, 6.07) is 15.9. The van der Waals surface area contributed by atoms with E-state index in [9.17, 15) is 14.4 Å². The summed E-state index contributed by atoms with van der Waals surface area (Å²) < 4.78 is 5.50. The number of benzene rings is 2. The summed E-state index contributed by atoms with van der Waals surface area (Å²) in [5.74, 6) is -1.00. The number of carbonyl (C=O) groups is 3. The van der Waals surface area contributed by atoms with Gasteiger partial charge in [-0.1, -0.05) is 48.5 Å². The number of fused-ring (bicyclic) bond motifs is 3. The van der Waals surface area contributed by atoms with Gasteiger partial charge in [0, 0.05) is 30.8 Å². The fraction of sp³-hybridized carbons (Fsp3) is 0.269. The molecule has 1 atom stereocenters.